The van der Waals surface area contributed by atoms with Crippen LogP contribution in [0.25, 0.3) is 0 Å². The molecule has 262 valence electrons. The smallest absolute Gasteiger partial charge is 0.308 e. The van der Waals surface area contributed by atoms with E-state index in [1.807, 2.05) is 80.6 Å². The summed E-state index contributed by atoms with van der Waals surface area (Å²) in [7, 11) is -2.19. The number of benzene rings is 2. The van der Waals surface area contributed by atoms with E-state index in [0.717, 1.165) is 17.6 Å². The van der Waals surface area contributed by atoms with Crippen molar-refractivity contribution in [2.24, 2.45) is 5.92 Å². The minimum Gasteiger partial charge on any atom is -0.457 e. The maximum absolute atomic E-state index is 13.7. The van der Waals surface area contributed by atoms with Crippen LogP contribution in [0.5, 0.6) is 0 Å². The fraction of sp³-hybridized carbons (Fsp3) is 0.537. The van der Waals surface area contributed by atoms with Gasteiger partial charge in [0.2, 0.25) is 0 Å². The summed E-state index contributed by atoms with van der Waals surface area (Å²) in [4.78, 5) is 13.7. The summed E-state index contributed by atoms with van der Waals surface area (Å²) in [6.07, 6.45) is 11.1. The Kier molecular flexibility index (Phi) is 12.5. The predicted molar refractivity (Wildman–Crippen MR) is 196 cm³/mol. The number of aryl methyl sites for hydroxylation is 1. The number of hydrogen-bond acceptors (Lipinski definition) is 6. The third kappa shape index (κ3) is 10.3. The molecule has 1 fully saturated rings. The maximum atomic E-state index is 13.7. The van der Waals surface area contributed by atoms with Gasteiger partial charge in [-0.2, -0.15) is 0 Å². The molecule has 0 radical (unpaired) electrons. The Balaban J connectivity index is 1.60. The lowest BCUT2D eigenvalue weighted by Crippen LogP contribution is -2.45. The van der Waals surface area contributed by atoms with E-state index in [0.29, 0.717) is 19.3 Å². The summed E-state index contributed by atoms with van der Waals surface area (Å²) in [5.41, 5.74) is 1.48. The van der Waals surface area contributed by atoms with Crippen LogP contribution in [-0.4, -0.2) is 48.9 Å². The summed E-state index contributed by atoms with van der Waals surface area (Å²) < 4.78 is 26.4. The topological polar surface area (TPSA) is 74.2 Å². The number of aliphatic hydroxyl groups is 1. The second-order valence-corrected chi connectivity index (χ2v) is 20.5. The van der Waals surface area contributed by atoms with Gasteiger partial charge in [0.1, 0.15) is 12.2 Å². The summed E-state index contributed by atoms with van der Waals surface area (Å²) in [6.45, 7) is 19.1. The standard InChI is InChI=1S/C41H58O6Si/c1-30(17-16-26-40(6,43)27-24-32-18-12-10-13-19-32)37-31(2)22-23-35-41(7,46-38(44-35)33-20-14-11-15-21-33)28-25-34(29-36(42)45-37)47-48(8,9)39(3,4)5/h10-23,26,31,34-35,37-38,43H,24-25,27-29H2,1-9H3/t31-,34+,35-,37+,38?,40?,41+/m0/s1. The first-order valence-electron chi connectivity index (χ1n) is 17.5. The Morgan fingerprint density at radius 2 is 1.69 bits per heavy atom. The average molecular weight is 675 g/mol. The molecule has 2 heterocycles. The van der Waals surface area contributed by atoms with Crippen molar-refractivity contribution in [1.29, 1.82) is 0 Å². The lowest BCUT2D eigenvalue weighted by atomic mass is 9.89. The van der Waals surface area contributed by atoms with Crippen molar-refractivity contribution in [3.8, 4) is 0 Å². The zero-order valence-electron chi connectivity index (χ0n) is 30.6. The molecule has 0 spiro atoms. The lowest BCUT2D eigenvalue weighted by molar-refractivity contribution is -0.151. The molecule has 4 rings (SSSR count). The fourth-order valence-electron chi connectivity index (χ4n) is 6.06. The number of ether oxygens (including phenoxy) is 3. The molecule has 0 amide bonds. The number of fused-ring (bicyclic) bond motifs is 1. The minimum atomic E-state index is -2.19. The van der Waals surface area contributed by atoms with Gasteiger partial charge in [0.25, 0.3) is 0 Å². The molecule has 0 saturated carbocycles. The van der Waals surface area contributed by atoms with Crippen molar-refractivity contribution in [1.82, 2.24) is 0 Å². The van der Waals surface area contributed by atoms with E-state index in [4.69, 9.17) is 18.6 Å². The van der Waals surface area contributed by atoms with Gasteiger partial charge in [-0.25, -0.2) is 0 Å². The molecule has 1 N–H and O–H groups in total. The van der Waals surface area contributed by atoms with Crippen LogP contribution in [0.15, 0.2) is 96.6 Å². The fourth-order valence-corrected chi connectivity index (χ4v) is 7.45. The van der Waals surface area contributed by atoms with Crippen molar-refractivity contribution < 1.29 is 28.5 Å². The number of rotatable bonds is 9. The van der Waals surface area contributed by atoms with Gasteiger partial charge in [-0.15, -0.1) is 0 Å². The van der Waals surface area contributed by atoms with E-state index in [1.165, 1.54) is 5.56 Å². The zero-order chi connectivity index (χ0) is 35.2. The molecule has 2 aromatic rings. The second-order valence-electron chi connectivity index (χ2n) is 15.7. The maximum Gasteiger partial charge on any atom is 0.308 e. The van der Waals surface area contributed by atoms with Gasteiger partial charge in [0, 0.05) is 11.5 Å². The zero-order valence-corrected chi connectivity index (χ0v) is 31.6. The first-order chi connectivity index (χ1) is 22.5. The van der Waals surface area contributed by atoms with Gasteiger partial charge in [0.15, 0.2) is 14.6 Å². The van der Waals surface area contributed by atoms with E-state index in [2.05, 4.69) is 72.0 Å². The van der Waals surface area contributed by atoms with Crippen LogP contribution in [0.3, 0.4) is 0 Å². The Labute approximate surface area is 290 Å². The molecule has 7 heteroatoms. The highest BCUT2D eigenvalue weighted by Gasteiger charge is 2.47. The van der Waals surface area contributed by atoms with Crippen LogP contribution in [0.2, 0.25) is 18.1 Å². The molecular weight excluding hydrogens is 617 g/mol. The van der Waals surface area contributed by atoms with Crippen molar-refractivity contribution in [2.75, 3.05) is 0 Å². The van der Waals surface area contributed by atoms with E-state index in [1.54, 1.807) is 0 Å². The molecule has 48 heavy (non-hydrogen) atoms. The third-order valence-corrected chi connectivity index (χ3v) is 14.8. The predicted octanol–water partition coefficient (Wildman–Crippen LogP) is 9.42. The monoisotopic (exact) mass is 674 g/mol. The van der Waals surface area contributed by atoms with E-state index < -0.39 is 31.9 Å². The minimum absolute atomic E-state index is 0.00779. The van der Waals surface area contributed by atoms with Crippen LogP contribution < -0.4 is 0 Å². The summed E-state index contributed by atoms with van der Waals surface area (Å²) in [6, 6.07) is 20.2. The molecule has 6 nitrogen and oxygen atoms in total. The molecule has 0 aromatic heterocycles. The summed E-state index contributed by atoms with van der Waals surface area (Å²) in [5.74, 6) is -0.413. The van der Waals surface area contributed by atoms with Gasteiger partial charge >= 0.3 is 5.97 Å². The van der Waals surface area contributed by atoms with Gasteiger partial charge in [-0.05, 0) is 75.7 Å². The van der Waals surface area contributed by atoms with Crippen LogP contribution in [0.4, 0.5) is 0 Å². The highest BCUT2D eigenvalue weighted by Crippen LogP contribution is 2.44. The van der Waals surface area contributed by atoms with Gasteiger partial charge in [-0.3, -0.25) is 4.79 Å². The van der Waals surface area contributed by atoms with E-state index in [-0.39, 0.29) is 35.6 Å². The first-order valence-corrected chi connectivity index (χ1v) is 20.4. The largest absolute Gasteiger partial charge is 0.457 e. The normalized spacial score (nSPS) is 29.1. The average Bonchev–Trinajstić information content (AvgIpc) is 3.36. The SMILES string of the molecule is CC(=CC=CC(C)(O)CCc1ccccc1)[C@H]1OC(=O)C[C@H](O[Si](C)(C)C(C)(C)C)CC[C@@]2(C)OC(c3ccccc3)O[C@H]2C=C[C@@H]1C. The van der Waals surface area contributed by atoms with Crippen molar-refractivity contribution >= 4 is 14.3 Å². The number of cyclic esters (lactones) is 1. The van der Waals surface area contributed by atoms with Crippen molar-refractivity contribution in [3.05, 3.63) is 108 Å². The second kappa shape index (κ2) is 15.8. The molecule has 2 aliphatic rings. The molecular formula is C41H58O6Si. The molecule has 0 aliphatic carbocycles. The van der Waals surface area contributed by atoms with E-state index in [9.17, 15) is 9.90 Å². The Bertz CT molecular complexity index is 1420. The molecule has 0 bridgehead atoms. The van der Waals surface area contributed by atoms with Crippen molar-refractivity contribution in [3.63, 3.8) is 0 Å². The number of carbonyl (C=O) groups is 1. The molecule has 2 aliphatic heterocycles. The first kappa shape index (κ1) is 38.0. The van der Waals surface area contributed by atoms with Crippen LogP contribution >= 0.6 is 0 Å². The van der Waals surface area contributed by atoms with Crippen LogP contribution in [0.1, 0.15) is 91.6 Å². The Hall–Kier alpha value is -2.81. The van der Waals surface area contributed by atoms with E-state index >= 15 is 0 Å². The number of allylic oxidation sites excluding steroid dienone is 2. The highest BCUT2D eigenvalue weighted by atomic mass is 28.4. The van der Waals surface area contributed by atoms with Crippen molar-refractivity contribution in [2.45, 2.75) is 135 Å². The number of carbonyl (C=O) groups excluding carboxylic acids is 1. The highest BCUT2D eigenvalue weighted by molar-refractivity contribution is 6.74. The molecule has 2 unspecified atom stereocenters. The molecule has 2 aromatic carbocycles. The molecule has 7 atom stereocenters. The van der Waals surface area contributed by atoms with Gasteiger partial charge < -0.3 is 23.7 Å². The van der Waals surface area contributed by atoms with Gasteiger partial charge in [-0.1, -0.05) is 119 Å². The quantitative estimate of drug-likeness (QED) is 0.124. The third-order valence-electron chi connectivity index (χ3n) is 10.3. The van der Waals surface area contributed by atoms with Gasteiger partial charge in [0.05, 0.1) is 23.7 Å². The summed E-state index contributed by atoms with van der Waals surface area (Å²) >= 11 is 0. The van der Waals surface area contributed by atoms with Crippen LogP contribution in [-0.2, 0) is 29.9 Å². The van der Waals surface area contributed by atoms with Crippen LogP contribution in [0, 0.1) is 5.92 Å². The Morgan fingerprint density at radius 1 is 1.04 bits per heavy atom. The lowest BCUT2D eigenvalue weighted by Gasteiger charge is -2.40. The Morgan fingerprint density at radius 3 is 2.33 bits per heavy atom. The molecule has 1 saturated heterocycles. The summed E-state index contributed by atoms with van der Waals surface area (Å²) in [5, 5.41) is 11.0. The number of esters is 1. The number of hydrogen-bond donors (Lipinski definition) is 1.